The van der Waals surface area contributed by atoms with Crippen LogP contribution >= 0.6 is 0 Å². The van der Waals surface area contributed by atoms with Crippen molar-refractivity contribution in [3.05, 3.63) is 77.1 Å². The molecule has 1 aromatic heterocycles. The van der Waals surface area contributed by atoms with Crippen molar-refractivity contribution in [1.29, 1.82) is 5.26 Å². The molecule has 3 aromatic rings. The predicted molar refractivity (Wildman–Crippen MR) is 117 cm³/mol. The number of anilines is 1. The molecule has 2 N–H and O–H groups in total. The number of phenols is 1. The van der Waals surface area contributed by atoms with E-state index >= 15 is 0 Å². The summed E-state index contributed by atoms with van der Waals surface area (Å²) < 4.78 is 7.40. The number of nitrogens with zero attached hydrogens (tertiary/aromatic N) is 2. The van der Waals surface area contributed by atoms with Crippen molar-refractivity contribution in [3.8, 4) is 23.3 Å². The van der Waals surface area contributed by atoms with E-state index in [1.165, 1.54) is 0 Å². The van der Waals surface area contributed by atoms with Gasteiger partial charge in [0, 0.05) is 22.8 Å². The summed E-state index contributed by atoms with van der Waals surface area (Å²) in [4.78, 5) is 12.6. The number of amides is 1. The van der Waals surface area contributed by atoms with Crippen molar-refractivity contribution < 1.29 is 14.6 Å². The van der Waals surface area contributed by atoms with E-state index in [1.54, 1.807) is 42.5 Å². The molecule has 6 nitrogen and oxygen atoms in total. The summed E-state index contributed by atoms with van der Waals surface area (Å²) in [6.45, 7) is 6.34. The molecule has 0 radical (unpaired) electrons. The third-order valence-corrected chi connectivity index (χ3v) is 4.67. The van der Waals surface area contributed by atoms with E-state index in [1.807, 2.05) is 49.6 Å². The summed E-state index contributed by atoms with van der Waals surface area (Å²) in [6, 6.07) is 17.8. The Morgan fingerprint density at radius 2 is 1.83 bits per heavy atom. The van der Waals surface area contributed by atoms with Crippen molar-refractivity contribution in [3.63, 3.8) is 0 Å². The Kier molecular flexibility index (Phi) is 6.23. The lowest BCUT2D eigenvalue weighted by atomic mass is 10.1. The summed E-state index contributed by atoms with van der Waals surface area (Å²) in [5, 5.41) is 21.8. The van der Waals surface area contributed by atoms with Crippen LogP contribution in [0.4, 0.5) is 5.69 Å². The summed E-state index contributed by atoms with van der Waals surface area (Å²) in [5.41, 5.74) is 4.10. The minimum Gasteiger partial charge on any atom is -0.508 e. The topological polar surface area (TPSA) is 87.3 Å². The smallest absolute Gasteiger partial charge is 0.266 e. The maximum atomic E-state index is 12.6. The summed E-state index contributed by atoms with van der Waals surface area (Å²) >= 11 is 0. The second-order valence-corrected chi connectivity index (χ2v) is 6.76. The molecule has 0 spiro atoms. The van der Waals surface area contributed by atoms with Crippen LogP contribution in [-0.2, 0) is 4.79 Å². The molecular formula is C24H23N3O3. The first-order valence-electron chi connectivity index (χ1n) is 9.57. The van der Waals surface area contributed by atoms with Gasteiger partial charge in [-0.3, -0.25) is 4.79 Å². The van der Waals surface area contributed by atoms with E-state index in [-0.39, 0.29) is 11.3 Å². The second kappa shape index (κ2) is 9.01. The molecule has 1 heterocycles. The van der Waals surface area contributed by atoms with E-state index in [9.17, 15) is 15.2 Å². The standard InChI is InChI=1S/C24H23N3O3/c1-4-30-23-11-5-20(6-12-23)26-24(29)19(15-25)14-18-13-16(2)27(17(18)3)21-7-9-22(28)10-8-21/h5-14,28H,4H2,1-3H3,(H,26,29)/b19-14-. The summed E-state index contributed by atoms with van der Waals surface area (Å²) in [7, 11) is 0. The van der Waals surface area contributed by atoms with Crippen LogP contribution in [-0.4, -0.2) is 22.2 Å². The number of carbonyl (C=O) groups excluding carboxylic acids is 1. The Morgan fingerprint density at radius 1 is 1.17 bits per heavy atom. The fourth-order valence-corrected chi connectivity index (χ4v) is 3.24. The predicted octanol–water partition coefficient (Wildman–Crippen LogP) is 4.74. The van der Waals surface area contributed by atoms with Crippen molar-refractivity contribution in [2.24, 2.45) is 0 Å². The van der Waals surface area contributed by atoms with Crippen LogP contribution in [0.15, 0.2) is 60.2 Å². The normalized spacial score (nSPS) is 11.1. The summed E-state index contributed by atoms with van der Waals surface area (Å²) in [5.74, 6) is 0.434. The number of phenolic OH excluding ortho intramolecular Hbond substituents is 1. The van der Waals surface area contributed by atoms with Crippen molar-refractivity contribution in [2.75, 3.05) is 11.9 Å². The molecule has 0 saturated carbocycles. The number of hydrogen-bond donors (Lipinski definition) is 2. The average molecular weight is 401 g/mol. The number of rotatable bonds is 6. The number of hydrogen-bond acceptors (Lipinski definition) is 4. The SMILES string of the molecule is CCOc1ccc(NC(=O)/C(C#N)=C\c2cc(C)n(-c3ccc(O)cc3)c2C)cc1. The molecule has 3 rings (SSSR count). The van der Waals surface area contributed by atoms with E-state index in [0.717, 1.165) is 22.6 Å². The first-order valence-corrected chi connectivity index (χ1v) is 9.57. The molecule has 2 aromatic carbocycles. The Morgan fingerprint density at radius 3 is 2.43 bits per heavy atom. The van der Waals surface area contributed by atoms with Gasteiger partial charge in [0.05, 0.1) is 6.61 Å². The number of aromatic nitrogens is 1. The molecule has 0 unspecified atom stereocenters. The first-order chi connectivity index (χ1) is 14.4. The van der Waals surface area contributed by atoms with Gasteiger partial charge in [-0.15, -0.1) is 0 Å². The Hall–Kier alpha value is -3.98. The Bertz CT molecular complexity index is 1120. The van der Waals surface area contributed by atoms with Gasteiger partial charge in [-0.05, 0) is 87.0 Å². The Balaban J connectivity index is 1.85. The molecule has 0 atom stereocenters. The molecule has 0 fully saturated rings. The summed E-state index contributed by atoms with van der Waals surface area (Å²) in [6.07, 6.45) is 1.59. The van der Waals surface area contributed by atoms with Crippen molar-refractivity contribution >= 4 is 17.7 Å². The van der Waals surface area contributed by atoms with Crippen LogP contribution in [0.25, 0.3) is 11.8 Å². The van der Waals surface area contributed by atoms with Crippen LogP contribution in [0.5, 0.6) is 11.5 Å². The lowest BCUT2D eigenvalue weighted by molar-refractivity contribution is -0.112. The highest BCUT2D eigenvalue weighted by atomic mass is 16.5. The van der Waals surface area contributed by atoms with Gasteiger partial charge in [-0.2, -0.15) is 5.26 Å². The lowest BCUT2D eigenvalue weighted by Crippen LogP contribution is -2.13. The second-order valence-electron chi connectivity index (χ2n) is 6.76. The Labute approximate surface area is 175 Å². The zero-order valence-corrected chi connectivity index (χ0v) is 17.1. The largest absolute Gasteiger partial charge is 0.508 e. The molecule has 0 aliphatic rings. The van der Waals surface area contributed by atoms with E-state index in [2.05, 4.69) is 5.32 Å². The van der Waals surface area contributed by atoms with Gasteiger partial charge < -0.3 is 19.7 Å². The maximum absolute atomic E-state index is 12.6. The van der Waals surface area contributed by atoms with Gasteiger partial charge in [0.1, 0.15) is 23.1 Å². The average Bonchev–Trinajstić information content (AvgIpc) is 3.01. The number of ether oxygens (including phenoxy) is 1. The molecule has 0 bridgehead atoms. The zero-order chi connectivity index (χ0) is 21.7. The highest BCUT2D eigenvalue weighted by molar-refractivity contribution is 6.09. The molecule has 6 heteroatoms. The van der Waals surface area contributed by atoms with Gasteiger partial charge in [0.25, 0.3) is 5.91 Å². The fourth-order valence-electron chi connectivity index (χ4n) is 3.24. The van der Waals surface area contributed by atoms with Gasteiger partial charge in [0.15, 0.2) is 0 Å². The third-order valence-electron chi connectivity index (χ3n) is 4.67. The first kappa shape index (κ1) is 20.7. The molecule has 0 aliphatic heterocycles. The fraction of sp³-hybridized carbons (Fsp3) is 0.167. The number of aromatic hydroxyl groups is 1. The zero-order valence-electron chi connectivity index (χ0n) is 17.1. The van der Waals surface area contributed by atoms with Crippen LogP contribution in [0, 0.1) is 25.2 Å². The number of nitriles is 1. The third kappa shape index (κ3) is 4.53. The van der Waals surface area contributed by atoms with Gasteiger partial charge in [0.2, 0.25) is 0 Å². The lowest BCUT2D eigenvalue weighted by Gasteiger charge is -2.10. The highest BCUT2D eigenvalue weighted by Gasteiger charge is 2.14. The number of carbonyl (C=O) groups is 1. The van der Waals surface area contributed by atoms with Crippen LogP contribution in [0.3, 0.4) is 0 Å². The quantitative estimate of drug-likeness (QED) is 0.461. The van der Waals surface area contributed by atoms with Crippen LogP contribution in [0.1, 0.15) is 23.9 Å². The van der Waals surface area contributed by atoms with Crippen molar-refractivity contribution in [2.45, 2.75) is 20.8 Å². The molecule has 0 aliphatic carbocycles. The monoisotopic (exact) mass is 401 g/mol. The van der Waals surface area contributed by atoms with Crippen LogP contribution < -0.4 is 10.1 Å². The minimum absolute atomic E-state index is 0.00911. The number of nitrogens with one attached hydrogen (secondary N) is 1. The van der Waals surface area contributed by atoms with Crippen LogP contribution in [0.2, 0.25) is 0 Å². The molecule has 152 valence electrons. The molecule has 1 amide bonds. The van der Waals surface area contributed by atoms with Crippen molar-refractivity contribution in [1.82, 2.24) is 4.57 Å². The minimum atomic E-state index is -0.476. The molecule has 30 heavy (non-hydrogen) atoms. The van der Waals surface area contributed by atoms with E-state index in [4.69, 9.17) is 4.74 Å². The number of aryl methyl sites for hydroxylation is 1. The van der Waals surface area contributed by atoms with Gasteiger partial charge >= 0.3 is 0 Å². The van der Waals surface area contributed by atoms with E-state index in [0.29, 0.717) is 18.0 Å². The number of benzene rings is 2. The highest BCUT2D eigenvalue weighted by Crippen LogP contribution is 2.24. The van der Waals surface area contributed by atoms with E-state index < -0.39 is 5.91 Å². The maximum Gasteiger partial charge on any atom is 0.266 e. The molecular weight excluding hydrogens is 378 g/mol. The van der Waals surface area contributed by atoms with Gasteiger partial charge in [-0.1, -0.05) is 0 Å². The van der Waals surface area contributed by atoms with Gasteiger partial charge in [-0.25, -0.2) is 0 Å². The molecule has 0 saturated heterocycles.